The van der Waals surface area contributed by atoms with Crippen molar-refractivity contribution in [2.75, 3.05) is 0 Å². The fraction of sp³-hybridized carbons (Fsp3) is 0. The molecule has 11 aromatic carbocycles. The van der Waals surface area contributed by atoms with Crippen LogP contribution in [-0.4, -0.2) is 24.1 Å². The number of hydrogen-bond acceptors (Lipinski definition) is 4. The molecule has 0 saturated carbocycles. The molecular formula is C65H39N5S. The van der Waals surface area contributed by atoms with Crippen molar-refractivity contribution in [3.05, 3.63) is 237 Å². The van der Waals surface area contributed by atoms with Gasteiger partial charge in [-0.1, -0.05) is 170 Å². The zero-order valence-corrected chi connectivity index (χ0v) is 39.0. The Balaban J connectivity index is 1.04. The molecule has 0 radical (unpaired) electrons. The molecule has 330 valence electrons. The number of aromatic nitrogens is 5. The summed E-state index contributed by atoms with van der Waals surface area (Å²) in [4.78, 5) is 16.4. The van der Waals surface area contributed by atoms with Crippen LogP contribution in [0.4, 0.5) is 0 Å². The van der Waals surface area contributed by atoms with E-state index < -0.39 is 0 Å². The van der Waals surface area contributed by atoms with Crippen LogP contribution in [-0.2, 0) is 0 Å². The van der Waals surface area contributed by atoms with E-state index >= 15 is 0 Å². The van der Waals surface area contributed by atoms with Crippen molar-refractivity contribution in [1.82, 2.24) is 24.1 Å². The van der Waals surface area contributed by atoms with Gasteiger partial charge in [0.05, 0.1) is 22.1 Å². The predicted octanol–water partition coefficient (Wildman–Crippen LogP) is 17.4. The molecule has 0 N–H and O–H groups in total. The van der Waals surface area contributed by atoms with Crippen LogP contribution in [0, 0.1) is 0 Å². The van der Waals surface area contributed by atoms with Crippen molar-refractivity contribution in [3.8, 4) is 56.7 Å². The van der Waals surface area contributed by atoms with Gasteiger partial charge in [0.15, 0.2) is 17.5 Å². The number of fused-ring (bicyclic) bond motifs is 12. The first-order valence-electron chi connectivity index (χ1n) is 24.0. The van der Waals surface area contributed by atoms with Crippen molar-refractivity contribution < 1.29 is 0 Å². The molecule has 15 aromatic rings. The third-order valence-corrected chi connectivity index (χ3v) is 15.5. The number of hydrogen-bond donors (Lipinski definition) is 0. The Bertz CT molecular complexity index is 4640. The minimum atomic E-state index is 0.606. The topological polar surface area (TPSA) is 48.5 Å². The van der Waals surface area contributed by atoms with E-state index in [0.29, 0.717) is 17.5 Å². The highest BCUT2D eigenvalue weighted by molar-refractivity contribution is 7.26. The molecule has 0 atom stereocenters. The van der Waals surface area contributed by atoms with Crippen LogP contribution in [0.3, 0.4) is 0 Å². The van der Waals surface area contributed by atoms with Gasteiger partial charge in [-0.3, -0.25) is 0 Å². The highest BCUT2D eigenvalue weighted by atomic mass is 32.1. The average molecular weight is 922 g/mol. The molecule has 0 bridgehead atoms. The number of thiophene rings is 1. The van der Waals surface area contributed by atoms with Gasteiger partial charge in [0.2, 0.25) is 0 Å². The summed E-state index contributed by atoms with van der Waals surface area (Å²) in [6.07, 6.45) is 0. The molecule has 0 fully saturated rings. The van der Waals surface area contributed by atoms with E-state index in [4.69, 9.17) is 15.0 Å². The van der Waals surface area contributed by atoms with Crippen LogP contribution in [0.15, 0.2) is 237 Å². The summed E-state index contributed by atoms with van der Waals surface area (Å²) in [5.74, 6) is 1.84. The van der Waals surface area contributed by atoms with Gasteiger partial charge >= 0.3 is 0 Å². The molecule has 15 rings (SSSR count). The lowest BCUT2D eigenvalue weighted by atomic mass is 9.93. The second-order valence-corrected chi connectivity index (χ2v) is 19.4. The lowest BCUT2D eigenvalue weighted by Crippen LogP contribution is -2.02. The zero-order chi connectivity index (χ0) is 46.6. The molecule has 0 aliphatic heterocycles. The molecule has 0 spiro atoms. The SMILES string of the molecule is c1ccc(-c2nc(-c3ccc(-n4c5ccccc5c5cc6ccccc6cc54)cc3-c3cccc4sc5c6ccccc6ccc5c34)nc(-c3cccc4c3c3ccccc3n4-c3ccccc3)n2)cc1. The zero-order valence-electron chi connectivity index (χ0n) is 38.2. The van der Waals surface area contributed by atoms with E-state index in [2.05, 4.69) is 228 Å². The molecule has 5 nitrogen and oxygen atoms in total. The Labute approximate surface area is 411 Å². The molecule has 71 heavy (non-hydrogen) atoms. The number of benzene rings is 11. The summed E-state index contributed by atoms with van der Waals surface area (Å²) in [6, 6.07) is 85.1. The van der Waals surface area contributed by atoms with E-state index in [0.717, 1.165) is 72.0 Å². The van der Waals surface area contributed by atoms with Gasteiger partial charge in [0.25, 0.3) is 0 Å². The predicted molar refractivity (Wildman–Crippen MR) is 298 cm³/mol. The number of para-hydroxylation sites is 3. The van der Waals surface area contributed by atoms with Crippen LogP contribution in [0.5, 0.6) is 0 Å². The lowest BCUT2D eigenvalue weighted by molar-refractivity contribution is 1.08. The molecule has 0 saturated heterocycles. The second-order valence-electron chi connectivity index (χ2n) is 18.3. The summed E-state index contributed by atoms with van der Waals surface area (Å²) in [5, 5.41) is 12.1. The fourth-order valence-corrected chi connectivity index (χ4v) is 12.5. The maximum Gasteiger partial charge on any atom is 0.164 e. The maximum absolute atomic E-state index is 5.59. The van der Waals surface area contributed by atoms with Crippen LogP contribution in [0.2, 0.25) is 0 Å². The summed E-state index contributed by atoms with van der Waals surface area (Å²) >= 11 is 1.86. The van der Waals surface area contributed by atoms with E-state index in [-0.39, 0.29) is 0 Å². The van der Waals surface area contributed by atoms with E-state index in [9.17, 15) is 0 Å². The summed E-state index contributed by atoms with van der Waals surface area (Å²) in [7, 11) is 0. The standard InChI is InChI=1S/C65H39N5S/c1-3-18-41(19-4-1)63-66-64(68-65(67-63)52-28-15-31-57-60(52)50-26-12-14-30-56(50)69(57)44-22-5-2-6-23-44)49-36-34-45(70-55-29-13-11-25-47(55)54-37-42-20-7-8-21-43(42)38-58(54)70)39-53(49)48-27-16-32-59-61(48)51-35-33-40-17-9-10-24-46(40)62(51)71-59/h1-39H. The van der Waals surface area contributed by atoms with Crippen LogP contribution < -0.4 is 0 Å². The van der Waals surface area contributed by atoms with Gasteiger partial charge in [-0.15, -0.1) is 11.3 Å². The van der Waals surface area contributed by atoms with Crippen molar-refractivity contribution in [2.45, 2.75) is 0 Å². The molecule has 4 aromatic heterocycles. The molecule has 0 unspecified atom stereocenters. The minimum absolute atomic E-state index is 0.606. The molecule has 0 amide bonds. The van der Waals surface area contributed by atoms with Crippen molar-refractivity contribution in [1.29, 1.82) is 0 Å². The van der Waals surface area contributed by atoms with Crippen molar-refractivity contribution in [3.63, 3.8) is 0 Å². The Morgan fingerprint density at radius 2 is 0.901 bits per heavy atom. The van der Waals surface area contributed by atoms with E-state index in [1.807, 2.05) is 29.5 Å². The van der Waals surface area contributed by atoms with Gasteiger partial charge in [-0.25, -0.2) is 15.0 Å². The molecule has 0 aliphatic rings. The monoisotopic (exact) mass is 921 g/mol. The Morgan fingerprint density at radius 1 is 0.296 bits per heavy atom. The summed E-state index contributed by atoms with van der Waals surface area (Å²) < 4.78 is 7.30. The molecule has 4 heterocycles. The fourth-order valence-electron chi connectivity index (χ4n) is 11.2. The minimum Gasteiger partial charge on any atom is -0.309 e. The van der Waals surface area contributed by atoms with E-state index in [1.54, 1.807) is 0 Å². The first-order chi connectivity index (χ1) is 35.2. The third kappa shape index (κ3) is 6.15. The van der Waals surface area contributed by atoms with Gasteiger partial charge in [0.1, 0.15) is 0 Å². The Morgan fingerprint density at radius 3 is 1.72 bits per heavy atom. The van der Waals surface area contributed by atoms with Gasteiger partial charge in [-0.2, -0.15) is 0 Å². The van der Waals surface area contributed by atoms with Crippen molar-refractivity contribution >= 4 is 96.7 Å². The molecule has 6 heteroatoms. The van der Waals surface area contributed by atoms with Gasteiger partial charge in [-0.05, 0) is 99.4 Å². The quantitative estimate of drug-likeness (QED) is 0.167. The van der Waals surface area contributed by atoms with Gasteiger partial charge < -0.3 is 9.13 Å². The Hall–Kier alpha value is -9.23. The summed E-state index contributed by atoms with van der Waals surface area (Å²) in [5.41, 5.74) is 11.6. The second kappa shape index (κ2) is 15.7. The highest BCUT2D eigenvalue weighted by Crippen LogP contribution is 2.47. The lowest BCUT2D eigenvalue weighted by Gasteiger charge is -2.16. The number of rotatable bonds is 6. The van der Waals surface area contributed by atoms with Crippen LogP contribution in [0.25, 0.3) is 142 Å². The highest BCUT2D eigenvalue weighted by Gasteiger charge is 2.24. The normalized spacial score (nSPS) is 11.9. The number of nitrogens with zero attached hydrogens (tertiary/aromatic N) is 5. The van der Waals surface area contributed by atoms with Crippen LogP contribution >= 0.6 is 11.3 Å². The molecular weight excluding hydrogens is 883 g/mol. The van der Waals surface area contributed by atoms with Crippen LogP contribution in [0.1, 0.15) is 0 Å². The largest absolute Gasteiger partial charge is 0.309 e. The first kappa shape index (κ1) is 39.7. The molecule has 0 aliphatic carbocycles. The van der Waals surface area contributed by atoms with Gasteiger partial charge in [0, 0.05) is 69.8 Å². The first-order valence-corrected chi connectivity index (χ1v) is 24.8. The Kier molecular flexibility index (Phi) is 8.76. The average Bonchev–Trinajstić information content (AvgIpc) is 4.11. The third-order valence-electron chi connectivity index (χ3n) is 14.3. The van der Waals surface area contributed by atoms with E-state index in [1.165, 1.54) is 52.5 Å². The van der Waals surface area contributed by atoms with Crippen molar-refractivity contribution in [2.24, 2.45) is 0 Å². The smallest absolute Gasteiger partial charge is 0.164 e. The summed E-state index contributed by atoms with van der Waals surface area (Å²) in [6.45, 7) is 0. The maximum atomic E-state index is 5.59.